The Kier molecular flexibility index (Phi) is 2.72. The van der Waals surface area contributed by atoms with E-state index in [0.29, 0.717) is 0 Å². The molecule has 11 heavy (non-hydrogen) atoms. The Morgan fingerprint density at radius 2 is 1.73 bits per heavy atom. The number of hydrogen-bond donors (Lipinski definition) is 0. The van der Waals surface area contributed by atoms with Crippen molar-refractivity contribution in [3.63, 3.8) is 0 Å². The molecule has 0 N–H and O–H groups in total. The zero-order chi connectivity index (χ0) is 8.43. The topological polar surface area (TPSA) is 0 Å². The fourth-order valence-electron chi connectivity index (χ4n) is 1.46. The van der Waals surface area contributed by atoms with E-state index in [-0.39, 0.29) is 0 Å². The lowest BCUT2D eigenvalue weighted by atomic mass is 10.1. The van der Waals surface area contributed by atoms with Gasteiger partial charge in [0.2, 0.25) is 0 Å². The maximum Gasteiger partial charge on any atom is 0.00517 e. The molecule has 0 nitrogen and oxygen atoms in total. The van der Waals surface area contributed by atoms with Gasteiger partial charge in [0, 0.05) is 9.75 Å². The van der Waals surface area contributed by atoms with Crippen LogP contribution in [0.5, 0.6) is 0 Å². The second-order valence-electron chi connectivity index (χ2n) is 3.07. The van der Waals surface area contributed by atoms with E-state index in [1.54, 1.807) is 5.56 Å². The molecule has 0 atom stereocenters. The average Bonchev–Trinajstić information content (AvgIpc) is 2.17. The smallest absolute Gasteiger partial charge is 0.00517 e. The molecule has 0 aliphatic heterocycles. The van der Waals surface area contributed by atoms with E-state index in [1.165, 1.54) is 28.2 Å². The minimum absolute atomic E-state index is 1.25. The fraction of sp³-hybridized carbons (Fsp3) is 0.600. The molecule has 1 heterocycles. The van der Waals surface area contributed by atoms with Crippen LogP contribution in [0, 0.1) is 20.8 Å². The Morgan fingerprint density at radius 1 is 1.09 bits per heavy atom. The second kappa shape index (κ2) is 3.40. The van der Waals surface area contributed by atoms with Crippen LogP contribution >= 0.6 is 11.3 Å². The van der Waals surface area contributed by atoms with E-state index in [2.05, 4.69) is 27.7 Å². The van der Waals surface area contributed by atoms with Gasteiger partial charge in [0.1, 0.15) is 0 Å². The van der Waals surface area contributed by atoms with Crippen LogP contribution in [-0.4, -0.2) is 0 Å². The van der Waals surface area contributed by atoms with Crippen LogP contribution in [0.2, 0.25) is 0 Å². The summed E-state index contributed by atoms with van der Waals surface area (Å²) >= 11 is 1.94. The van der Waals surface area contributed by atoms with Gasteiger partial charge in [-0.05, 0) is 38.3 Å². The predicted molar refractivity (Wildman–Crippen MR) is 52.5 cm³/mol. The summed E-state index contributed by atoms with van der Waals surface area (Å²) in [4.78, 5) is 3.01. The summed E-state index contributed by atoms with van der Waals surface area (Å²) in [5.74, 6) is 0. The molecule has 1 aromatic rings. The van der Waals surface area contributed by atoms with Crippen LogP contribution in [0.25, 0.3) is 0 Å². The standard InChI is InChI=1S/C10H16S/c1-5-6-10-7(2)8(3)11-9(10)4/h5-6H2,1-4H3. The molecule has 0 saturated carbocycles. The highest BCUT2D eigenvalue weighted by Gasteiger charge is 2.06. The van der Waals surface area contributed by atoms with Gasteiger partial charge in [-0.25, -0.2) is 0 Å². The molecule has 0 spiro atoms. The minimum atomic E-state index is 1.25. The molecule has 0 amide bonds. The highest BCUT2D eigenvalue weighted by Crippen LogP contribution is 2.27. The maximum atomic E-state index is 2.24. The second-order valence-corrected chi connectivity index (χ2v) is 4.50. The van der Waals surface area contributed by atoms with Gasteiger partial charge in [-0.3, -0.25) is 0 Å². The normalized spacial score (nSPS) is 10.5. The quantitative estimate of drug-likeness (QED) is 0.632. The van der Waals surface area contributed by atoms with Crippen molar-refractivity contribution in [3.05, 3.63) is 20.9 Å². The van der Waals surface area contributed by atoms with Crippen LogP contribution in [-0.2, 0) is 6.42 Å². The van der Waals surface area contributed by atoms with E-state index < -0.39 is 0 Å². The molecule has 0 fully saturated rings. The minimum Gasteiger partial charge on any atom is -0.145 e. The molecule has 0 saturated heterocycles. The number of aryl methyl sites for hydroxylation is 2. The Bertz CT molecular complexity index is 246. The van der Waals surface area contributed by atoms with Crippen molar-refractivity contribution in [2.24, 2.45) is 0 Å². The summed E-state index contributed by atoms with van der Waals surface area (Å²) in [5, 5.41) is 0. The van der Waals surface area contributed by atoms with E-state index in [9.17, 15) is 0 Å². The zero-order valence-electron chi connectivity index (χ0n) is 7.82. The molecule has 62 valence electrons. The van der Waals surface area contributed by atoms with Crippen molar-refractivity contribution in [3.8, 4) is 0 Å². The van der Waals surface area contributed by atoms with Crippen LogP contribution in [0.1, 0.15) is 34.2 Å². The largest absolute Gasteiger partial charge is 0.145 e. The van der Waals surface area contributed by atoms with E-state index >= 15 is 0 Å². The molecular weight excluding hydrogens is 152 g/mol. The lowest BCUT2D eigenvalue weighted by Crippen LogP contribution is -1.85. The molecule has 1 heteroatoms. The monoisotopic (exact) mass is 168 g/mol. The molecule has 1 aromatic heterocycles. The van der Waals surface area contributed by atoms with Crippen molar-refractivity contribution < 1.29 is 0 Å². The van der Waals surface area contributed by atoms with E-state index in [4.69, 9.17) is 0 Å². The van der Waals surface area contributed by atoms with Gasteiger partial charge in [-0.15, -0.1) is 11.3 Å². The molecule has 0 aliphatic carbocycles. The van der Waals surface area contributed by atoms with Crippen molar-refractivity contribution in [1.29, 1.82) is 0 Å². The number of thiophene rings is 1. The average molecular weight is 168 g/mol. The molecule has 0 bridgehead atoms. The van der Waals surface area contributed by atoms with Gasteiger partial charge in [0.25, 0.3) is 0 Å². The lowest BCUT2D eigenvalue weighted by molar-refractivity contribution is 0.910. The highest BCUT2D eigenvalue weighted by molar-refractivity contribution is 7.12. The van der Waals surface area contributed by atoms with Crippen LogP contribution in [0.4, 0.5) is 0 Å². The zero-order valence-corrected chi connectivity index (χ0v) is 8.64. The van der Waals surface area contributed by atoms with Crippen molar-refractivity contribution in [2.45, 2.75) is 40.5 Å². The molecule has 0 aromatic carbocycles. The van der Waals surface area contributed by atoms with Gasteiger partial charge < -0.3 is 0 Å². The van der Waals surface area contributed by atoms with Gasteiger partial charge in [-0.2, -0.15) is 0 Å². The van der Waals surface area contributed by atoms with Gasteiger partial charge in [-0.1, -0.05) is 13.3 Å². The summed E-state index contributed by atoms with van der Waals surface area (Å²) in [5.41, 5.74) is 3.12. The first kappa shape index (κ1) is 8.79. The molecular formula is C10H16S. The summed E-state index contributed by atoms with van der Waals surface area (Å²) in [6.07, 6.45) is 2.51. The maximum absolute atomic E-state index is 2.24. The number of hydrogen-bond acceptors (Lipinski definition) is 1. The lowest BCUT2D eigenvalue weighted by Gasteiger charge is -1.98. The van der Waals surface area contributed by atoms with Gasteiger partial charge in [0.05, 0.1) is 0 Å². The SMILES string of the molecule is CCCc1c(C)sc(C)c1C. The fourth-order valence-corrected chi connectivity index (χ4v) is 2.57. The summed E-state index contributed by atoms with van der Waals surface area (Å²) in [6.45, 7) is 8.93. The molecule has 0 unspecified atom stereocenters. The number of rotatable bonds is 2. The summed E-state index contributed by atoms with van der Waals surface area (Å²) in [6, 6.07) is 0. The predicted octanol–water partition coefficient (Wildman–Crippen LogP) is 3.63. The third kappa shape index (κ3) is 1.64. The Labute approximate surface area is 73.3 Å². The van der Waals surface area contributed by atoms with Gasteiger partial charge >= 0.3 is 0 Å². The highest BCUT2D eigenvalue weighted by atomic mass is 32.1. The summed E-state index contributed by atoms with van der Waals surface area (Å²) < 4.78 is 0. The molecule has 0 aliphatic rings. The van der Waals surface area contributed by atoms with Crippen molar-refractivity contribution in [2.75, 3.05) is 0 Å². The van der Waals surface area contributed by atoms with E-state index in [0.717, 1.165) is 0 Å². The van der Waals surface area contributed by atoms with Crippen molar-refractivity contribution >= 4 is 11.3 Å². The Morgan fingerprint density at radius 3 is 2.09 bits per heavy atom. The first-order chi connectivity index (χ1) is 5.16. The van der Waals surface area contributed by atoms with Gasteiger partial charge in [0.15, 0.2) is 0 Å². The third-order valence-electron chi connectivity index (χ3n) is 2.21. The molecule has 0 radical (unpaired) electrons. The Hall–Kier alpha value is -0.300. The van der Waals surface area contributed by atoms with Crippen LogP contribution in [0.3, 0.4) is 0 Å². The van der Waals surface area contributed by atoms with Crippen LogP contribution in [0.15, 0.2) is 0 Å². The van der Waals surface area contributed by atoms with Crippen molar-refractivity contribution in [1.82, 2.24) is 0 Å². The first-order valence-corrected chi connectivity index (χ1v) is 5.04. The Balaban J connectivity index is 3.02. The van der Waals surface area contributed by atoms with Crippen LogP contribution < -0.4 is 0 Å². The summed E-state index contributed by atoms with van der Waals surface area (Å²) in [7, 11) is 0. The van der Waals surface area contributed by atoms with E-state index in [1.807, 2.05) is 11.3 Å². The first-order valence-electron chi connectivity index (χ1n) is 4.22. The molecule has 1 rings (SSSR count). The third-order valence-corrected chi connectivity index (χ3v) is 3.38.